The highest BCUT2D eigenvalue weighted by atomic mass is 15.1. The molecule has 2 N–H and O–H groups in total. The van der Waals surface area contributed by atoms with Crippen molar-refractivity contribution in [3.63, 3.8) is 0 Å². The summed E-state index contributed by atoms with van der Waals surface area (Å²) in [6, 6.07) is 0.409. The number of piperidine rings is 1. The van der Waals surface area contributed by atoms with Crippen LogP contribution in [0.5, 0.6) is 0 Å². The van der Waals surface area contributed by atoms with Gasteiger partial charge >= 0.3 is 0 Å². The van der Waals surface area contributed by atoms with Crippen molar-refractivity contribution in [1.82, 2.24) is 4.90 Å². The van der Waals surface area contributed by atoms with Gasteiger partial charge in [-0.2, -0.15) is 0 Å². The topological polar surface area (TPSA) is 29.3 Å². The summed E-state index contributed by atoms with van der Waals surface area (Å²) in [6.45, 7) is 6.95. The molecule has 1 fully saturated rings. The normalized spacial score (nSPS) is 25.8. The highest BCUT2D eigenvalue weighted by molar-refractivity contribution is 4.91. The Kier molecular flexibility index (Phi) is 3.74. The minimum absolute atomic E-state index is 0.409. The number of nitrogens with two attached hydrogens (primary N) is 1. The van der Waals surface area contributed by atoms with Crippen LogP contribution in [0.15, 0.2) is 0 Å². The van der Waals surface area contributed by atoms with Crippen LogP contribution < -0.4 is 5.73 Å². The molecule has 0 aromatic rings. The lowest BCUT2D eigenvalue weighted by Gasteiger charge is -2.44. The van der Waals surface area contributed by atoms with E-state index in [4.69, 9.17) is 5.73 Å². The van der Waals surface area contributed by atoms with Crippen LogP contribution in [-0.2, 0) is 0 Å². The van der Waals surface area contributed by atoms with Crippen molar-refractivity contribution in [2.75, 3.05) is 20.1 Å². The maximum absolute atomic E-state index is 6.22. The Balaban J connectivity index is 2.60. The van der Waals surface area contributed by atoms with E-state index in [0.29, 0.717) is 11.5 Å². The molecule has 0 radical (unpaired) electrons. The summed E-state index contributed by atoms with van der Waals surface area (Å²) in [7, 11) is 2.21. The monoisotopic (exact) mass is 184 g/mol. The van der Waals surface area contributed by atoms with Crippen LogP contribution in [0.3, 0.4) is 0 Å². The molecule has 0 aromatic heterocycles. The first-order chi connectivity index (χ1) is 6.14. The second-order valence-corrected chi connectivity index (χ2v) is 4.53. The highest BCUT2D eigenvalue weighted by Gasteiger charge is 2.36. The molecule has 2 nitrogen and oxygen atoms in total. The van der Waals surface area contributed by atoms with E-state index < -0.39 is 0 Å². The molecule has 1 saturated heterocycles. The lowest BCUT2D eigenvalue weighted by atomic mass is 9.70. The molecule has 1 aliphatic rings. The lowest BCUT2D eigenvalue weighted by Crippen LogP contribution is -2.48. The van der Waals surface area contributed by atoms with Crippen LogP contribution in [0, 0.1) is 5.41 Å². The smallest absolute Gasteiger partial charge is 0.00937 e. The van der Waals surface area contributed by atoms with Gasteiger partial charge in [-0.15, -0.1) is 0 Å². The van der Waals surface area contributed by atoms with Crippen molar-refractivity contribution in [3.8, 4) is 0 Å². The summed E-state index contributed by atoms with van der Waals surface area (Å²) in [5, 5.41) is 0. The molecule has 0 saturated carbocycles. The van der Waals surface area contributed by atoms with E-state index in [9.17, 15) is 0 Å². The summed E-state index contributed by atoms with van der Waals surface area (Å²) in [5.74, 6) is 0. The number of hydrogen-bond donors (Lipinski definition) is 1. The first-order valence-corrected chi connectivity index (χ1v) is 5.58. The molecule has 1 atom stereocenters. The van der Waals surface area contributed by atoms with E-state index in [2.05, 4.69) is 25.8 Å². The molecule has 0 aromatic carbocycles. The summed E-state index contributed by atoms with van der Waals surface area (Å²) in [4.78, 5) is 2.41. The van der Waals surface area contributed by atoms with Crippen molar-refractivity contribution in [3.05, 3.63) is 0 Å². The third-order valence-corrected chi connectivity index (χ3v) is 3.91. The molecule has 0 amide bonds. The molecule has 1 unspecified atom stereocenters. The van der Waals surface area contributed by atoms with E-state index in [1.165, 1.54) is 32.4 Å². The average molecular weight is 184 g/mol. The molecular weight excluding hydrogens is 160 g/mol. The third kappa shape index (κ3) is 2.23. The Hall–Kier alpha value is -0.0800. The van der Waals surface area contributed by atoms with E-state index >= 15 is 0 Å². The molecule has 0 bridgehead atoms. The molecule has 13 heavy (non-hydrogen) atoms. The predicted octanol–water partition coefficient (Wildman–Crippen LogP) is 1.85. The van der Waals surface area contributed by atoms with E-state index in [0.717, 1.165) is 6.42 Å². The van der Waals surface area contributed by atoms with Crippen molar-refractivity contribution < 1.29 is 0 Å². The molecular formula is C11H24N2. The van der Waals surface area contributed by atoms with Gasteiger partial charge in [0.1, 0.15) is 0 Å². The maximum Gasteiger partial charge on any atom is 0.00937 e. The van der Waals surface area contributed by atoms with Crippen LogP contribution >= 0.6 is 0 Å². The Morgan fingerprint density at radius 3 is 2.23 bits per heavy atom. The van der Waals surface area contributed by atoms with Gasteiger partial charge in [0.2, 0.25) is 0 Å². The van der Waals surface area contributed by atoms with E-state index in [1.54, 1.807) is 0 Å². The Morgan fingerprint density at radius 1 is 1.31 bits per heavy atom. The van der Waals surface area contributed by atoms with Crippen LogP contribution in [0.2, 0.25) is 0 Å². The summed E-state index contributed by atoms with van der Waals surface area (Å²) in [5.41, 5.74) is 6.67. The van der Waals surface area contributed by atoms with Gasteiger partial charge in [-0.05, 0) is 51.2 Å². The second-order valence-electron chi connectivity index (χ2n) is 4.53. The fraction of sp³-hybridized carbons (Fsp3) is 1.00. The fourth-order valence-corrected chi connectivity index (χ4v) is 2.48. The van der Waals surface area contributed by atoms with Gasteiger partial charge < -0.3 is 10.6 Å². The second kappa shape index (κ2) is 4.43. The van der Waals surface area contributed by atoms with Gasteiger partial charge in [-0.3, -0.25) is 0 Å². The van der Waals surface area contributed by atoms with Gasteiger partial charge in [-0.25, -0.2) is 0 Å². The van der Waals surface area contributed by atoms with Crippen LogP contribution in [0.1, 0.15) is 39.5 Å². The predicted molar refractivity (Wildman–Crippen MR) is 57.7 cm³/mol. The van der Waals surface area contributed by atoms with Crippen molar-refractivity contribution in [2.24, 2.45) is 11.1 Å². The first kappa shape index (κ1) is 11.0. The minimum atomic E-state index is 0.409. The van der Waals surface area contributed by atoms with E-state index in [-0.39, 0.29) is 0 Å². The molecule has 2 heteroatoms. The van der Waals surface area contributed by atoms with Crippen molar-refractivity contribution in [2.45, 2.75) is 45.6 Å². The molecule has 0 spiro atoms. The van der Waals surface area contributed by atoms with Gasteiger partial charge in [0.25, 0.3) is 0 Å². The van der Waals surface area contributed by atoms with Gasteiger partial charge in [0.15, 0.2) is 0 Å². The third-order valence-electron chi connectivity index (χ3n) is 3.91. The summed E-state index contributed by atoms with van der Waals surface area (Å²) < 4.78 is 0. The molecule has 78 valence electrons. The summed E-state index contributed by atoms with van der Waals surface area (Å²) in [6.07, 6.45) is 4.94. The standard InChI is InChI=1S/C11H24N2/c1-4-10(12)11(5-2)6-8-13(3)9-7-11/h10H,4-9,12H2,1-3H3. The van der Waals surface area contributed by atoms with Crippen LogP contribution in [0.4, 0.5) is 0 Å². The number of nitrogens with zero attached hydrogens (tertiary/aromatic N) is 1. The molecule has 1 aliphatic heterocycles. The zero-order valence-corrected chi connectivity index (χ0v) is 9.34. The van der Waals surface area contributed by atoms with Gasteiger partial charge in [-0.1, -0.05) is 13.8 Å². The maximum atomic E-state index is 6.22. The Bertz CT molecular complexity index is 148. The Labute approximate surface area is 82.5 Å². The summed E-state index contributed by atoms with van der Waals surface area (Å²) >= 11 is 0. The van der Waals surface area contributed by atoms with Crippen LogP contribution in [0.25, 0.3) is 0 Å². The fourth-order valence-electron chi connectivity index (χ4n) is 2.48. The van der Waals surface area contributed by atoms with E-state index in [1.807, 2.05) is 0 Å². The van der Waals surface area contributed by atoms with Crippen LogP contribution in [-0.4, -0.2) is 31.1 Å². The number of rotatable bonds is 3. The molecule has 0 aliphatic carbocycles. The Morgan fingerprint density at radius 2 is 1.85 bits per heavy atom. The zero-order chi connectivity index (χ0) is 9.90. The first-order valence-electron chi connectivity index (χ1n) is 5.58. The zero-order valence-electron chi connectivity index (χ0n) is 9.34. The average Bonchev–Trinajstić information content (AvgIpc) is 2.18. The van der Waals surface area contributed by atoms with Gasteiger partial charge in [0.05, 0.1) is 0 Å². The largest absolute Gasteiger partial charge is 0.327 e. The highest BCUT2D eigenvalue weighted by Crippen LogP contribution is 2.37. The number of hydrogen-bond acceptors (Lipinski definition) is 2. The molecule has 1 rings (SSSR count). The number of likely N-dealkylation sites (tertiary alicyclic amines) is 1. The van der Waals surface area contributed by atoms with Crippen molar-refractivity contribution >= 4 is 0 Å². The SMILES string of the molecule is CCC(N)C1(CC)CCN(C)CC1. The minimum Gasteiger partial charge on any atom is -0.327 e. The lowest BCUT2D eigenvalue weighted by molar-refractivity contribution is 0.0875. The van der Waals surface area contributed by atoms with Gasteiger partial charge in [0, 0.05) is 6.04 Å². The quantitative estimate of drug-likeness (QED) is 0.725. The van der Waals surface area contributed by atoms with Crippen molar-refractivity contribution in [1.29, 1.82) is 0 Å². The molecule has 1 heterocycles.